The zero-order valence-corrected chi connectivity index (χ0v) is 22.2. The van der Waals surface area contributed by atoms with Crippen molar-refractivity contribution < 1.29 is 29.1 Å². The molecule has 1 amide bonds. The number of ketones is 1. The van der Waals surface area contributed by atoms with Crippen LogP contribution in [-0.4, -0.2) is 57.0 Å². The maximum Gasteiger partial charge on any atom is 0.295 e. The van der Waals surface area contributed by atoms with Crippen LogP contribution in [0.1, 0.15) is 49.9 Å². The first-order chi connectivity index (χ1) is 17.1. The van der Waals surface area contributed by atoms with Crippen molar-refractivity contribution in [2.24, 2.45) is 5.92 Å². The number of hydrogen-bond donors (Lipinski definition) is 1. The van der Waals surface area contributed by atoms with E-state index in [0.29, 0.717) is 48.3 Å². The Bertz CT molecular complexity index is 1110. The topological polar surface area (TPSA) is 83.3 Å². The molecule has 0 saturated carbocycles. The largest absolute Gasteiger partial charge is 0.872 e. The van der Waals surface area contributed by atoms with Crippen LogP contribution >= 0.6 is 0 Å². The second kappa shape index (κ2) is 12.1. The Morgan fingerprint density at radius 3 is 2.36 bits per heavy atom. The molecule has 2 aromatic rings. The normalized spacial score (nSPS) is 17.3. The van der Waals surface area contributed by atoms with E-state index in [0.717, 1.165) is 18.5 Å². The van der Waals surface area contributed by atoms with Gasteiger partial charge >= 0.3 is 0 Å². The molecule has 1 heterocycles. The van der Waals surface area contributed by atoms with Crippen LogP contribution in [0.2, 0.25) is 0 Å². The van der Waals surface area contributed by atoms with Gasteiger partial charge in [-0.05, 0) is 60.7 Å². The zero-order valence-electron chi connectivity index (χ0n) is 22.2. The van der Waals surface area contributed by atoms with Gasteiger partial charge < -0.3 is 24.4 Å². The monoisotopic (exact) mass is 494 g/mol. The van der Waals surface area contributed by atoms with Gasteiger partial charge in [-0.25, -0.2) is 0 Å². The number of quaternary nitrogens is 1. The molecule has 0 bridgehead atoms. The molecule has 0 aromatic heterocycles. The Labute approximate surface area is 214 Å². The number of carbonyl (C=O) groups excluding carboxylic acids is 2. The Balaban J connectivity index is 2.03. The molecule has 1 atom stereocenters. The van der Waals surface area contributed by atoms with E-state index in [1.54, 1.807) is 35.2 Å². The van der Waals surface area contributed by atoms with Gasteiger partial charge in [0.1, 0.15) is 11.5 Å². The highest BCUT2D eigenvalue weighted by molar-refractivity contribution is 6.46. The average molecular weight is 495 g/mol. The van der Waals surface area contributed by atoms with Crippen LogP contribution in [0.5, 0.6) is 11.5 Å². The number of amides is 1. The number of nitrogens with one attached hydrogen (secondary N) is 1. The molecule has 7 nitrogen and oxygen atoms in total. The van der Waals surface area contributed by atoms with Crippen LogP contribution < -0.4 is 19.5 Å². The standard InChI is InChI=1S/C29H38N2O5/c1-7-35-23-12-9-21(10-13-23)26-25(28(33)29(34)31(26)16-8-15-30(5)6)27(32)22-11-14-24(20(4)17-22)36-18-19(2)3/h9-14,17,19,26,32H,7-8,15-16,18H2,1-6H3/b27-25+. The molecular weight excluding hydrogens is 456 g/mol. The minimum atomic E-state index is -0.734. The van der Waals surface area contributed by atoms with E-state index in [4.69, 9.17) is 9.47 Å². The fraction of sp³-hybridized carbons (Fsp3) is 0.448. The minimum absolute atomic E-state index is 0.00314. The van der Waals surface area contributed by atoms with E-state index >= 15 is 0 Å². The number of rotatable bonds is 11. The van der Waals surface area contributed by atoms with Crippen LogP contribution in [0.25, 0.3) is 5.76 Å². The third-order valence-corrected chi connectivity index (χ3v) is 6.12. The first-order valence-corrected chi connectivity index (χ1v) is 12.7. The lowest BCUT2D eigenvalue weighted by atomic mass is 9.94. The van der Waals surface area contributed by atoms with Crippen molar-refractivity contribution in [2.45, 2.75) is 40.2 Å². The van der Waals surface area contributed by atoms with Crippen LogP contribution in [0, 0.1) is 12.8 Å². The lowest BCUT2D eigenvalue weighted by Crippen LogP contribution is -3.05. The van der Waals surface area contributed by atoms with Crippen LogP contribution in [-0.2, 0) is 9.59 Å². The van der Waals surface area contributed by atoms with E-state index < -0.39 is 23.5 Å². The fourth-order valence-corrected chi connectivity index (χ4v) is 4.33. The maximum atomic E-state index is 13.7. The van der Waals surface area contributed by atoms with Gasteiger partial charge in [-0.3, -0.25) is 9.59 Å². The summed E-state index contributed by atoms with van der Waals surface area (Å²) >= 11 is 0. The van der Waals surface area contributed by atoms with E-state index in [-0.39, 0.29) is 5.57 Å². The number of ether oxygens (including phenoxy) is 2. The number of hydrogen-bond acceptors (Lipinski definition) is 5. The molecule has 1 aliphatic rings. The quantitative estimate of drug-likeness (QED) is 0.294. The summed E-state index contributed by atoms with van der Waals surface area (Å²) in [7, 11) is 4.08. The van der Waals surface area contributed by atoms with Crippen molar-refractivity contribution in [1.82, 2.24) is 4.90 Å². The molecule has 1 unspecified atom stereocenters. The van der Waals surface area contributed by atoms with Gasteiger partial charge in [0.25, 0.3) is 5.91 Å². The first kappa shape index (κ1) is 27.3. The summed E-state index contributed by atoms with van der Waals surface area (Å²) in [4.78, 5) is 29.1. The SMILES string of the molecule is CCOc1ccc(C2/C(=C(\[O-])c3ccc(OCC(C)C)c(C)c3)C(=O)C(=O)N2CCC[NH+](C)C)cc1. The van der Waals surface area contributed by atoms with Crippen molar-refractivity contribution in [1.29, 1.82) is 0 Å². The van der Waals surface area contributed by atoms with Gasteiger partial charge in [0, 0.05) is 18.5 Å². The lowest BCUT2D eigenvalue weighted by Gasteiger charge is -2.28. The number of benzene rings is 2. The molecule has 1 fully saturated rings. The first-order valence-electron chi connectivity index (χ1n) is 12.7. The van der Waals surface area contributed by atoms with Crippen molar-refractivity contribution in [2.75, 3.05) is 40.4 Å². The average Bonchev–Trinajstić information content (AvgIpc) is 3.08. The molecular formula is C29H38N2O5. The maximum absolute atomic E-state index is 13.7. The van der Waals surface area contributed by atoms with E-state index in [1.165, 1.54) is 4.90 Å². The molecule has 194 valence electrons. The molecule has 0 aliphatic carbocycles. The summed E-state index contributed by atoms with van der Waals surface area (Å²) in [5.74, 6) is -0.00613. The number of aryl methyl sites for hydroxylation is 1. The Kier molecular flexibility index (Phi) is 9.15. The highest BCUT2D eigenvalue weighted by Crippen LogP contribution is 2.39. The summed E-state index contributed by atoms with van der Waals surface area (Å²) in [5, 5.41) is 13.7. The molecule has 1 saturated heterocycles. The second-order valence-electron chi connectivity index (χ2n) is 9.97. The van der Waals surface area contributed by atoms with Gasteiger partial charge in [-0.15, -0.1) is 0 Å². The highest BCUT2D eigenvalue weighted by atomic mass is 16.5. The van der Waals surface area contributed by atoms with E-state index in [9.17, 15) is 14.7 Å². The highest BCUT2D eigenvalue weighted by Gasteiger charge is 2.44. The molecule has 1 aliphatic heterocycles. The molecule has 1 N–H and O–H groups in total. The molecule has 36 heavy (non-hydrogen) atoms. The summed E-state index contributed by atoms with van der Waals surface area (Å²) in [6.07, 6.45) is 0.720. The molecule has 0 spiro atoms. The van der Waals surface area contributed by atoms with Gasteiger partial charge in [0.05, 0.1) is 39.9 Å². The smallest absolute Gasteiger partial charge is 0.295 e. The molecule has 7 heteroatoms. The summed E-state index contributed by atoms with van der Waals surface area (Å²) in [5.41, 5.74) is 1.89. The Hall–Kier alpha value is -3.32. The van der Waals surface area contributed by atoms with E-state index in [2.05, 4.69) is 13.8 Å². The molecule has 0 radical (unpaired) electrons. The number of carbonyl (C=O) groups is 2. The van der Waals surface area contributed by atoms with Crippen LogP contribution in [0.15, 0.2) is 48.0 Å². The van der Waals surface area contributed by atoms with Crippen LogP contribution in [0.4, 0.5) is 0 Å². The second-order valence-corrected chi connectivity index (χ2v) is 9.97. The van der Waals surface area contributed by atoms with Crippen molar-refractivity contribution >= 4 is 17.4 Å². The third-order valence-electron chi connectivity index (χ3n) is 6.12. The number of Topliss-reactive ketones (excluding diaryl/α,β-unsaturated/α-hetero) is 1. The summed E-state index contributed by atoms with van der Waals surface area (Å²) in [6.45, 7) is 10.3. The molecule has 3 rings (SSSR count). The third kappa shape index (κ3) is 6.26. The van der Waals surface area contributed by atoms with Gasteiger partial charge in [0.15, 0.2) is 0 Å². The fourth-order valence-electron chi connectivity index (χ4n) is 4.33. The Morgan fingerprint density at radius 2 is 1.78 bits per heavy atom. The number of likely N-dealkylation sites (tertiary alicyclic amines) is 1. The lowest BCUT2D eigenvalue weighted by molar-refractivity contribution is -0.858. The zero-order chi connectivity index (χ0) is 26.4. The van der Waals surface area contributed by atoms with Gasteiger partial charge in [0.2, 0.25) is 5.78 Å². The van der Waals surface area contributed by atoms with Gasteiger partial charge in [-0.2, -0.15) is 0 Å². The van der Waals surface area contributed by atoms with Crippen molar-refractivity contribution in [3.63, 3.8) is 0 Å². The van der Waals surface area contributed by atoms with E-state index in [1.807, 2.05) is 40.1 Å². The van der Waals surface area contributed by atoms with Crippen molar-refractivity contribution in [3.8, 4) is 11.5 Å². The van der Waals surface area contributed by atoms with Crippen LogP contribution in [0.3, 0.4) is 0 Å². The van der Waals surface area contributed by atoms with Gasteiger partial charge in [-0.1, -0.05) is 37.8 Å². The number of nitrogens with zero attached hydrogens (tertiary/aromatic N) is 1. The Morgan fingerprint density at radius 1 is 1.08 bits per heavy atom. The predicted molar refractivity (Wildman–Crippen MR) is 138 cm³/mol. The minimum Gasteiger partial charge on any atom is -0.872 e. The predicted octanol–water partition coefficient (Wildman–Crippen LogP) is 2.19. The van der Waals surface area contributed by atoms with Crippen molar-refractivity contribution in [3.05, 3.63) is 64.7 Å². The summed E-state index contributed by atoms with van der Waals surface area (Å²) < 4.78 is 11.4. The molecule has 2 aromatic carbocycles. The summed E-state index contributed by atoms with van der Waals surface area (Å²) in [6, 6.07) is 11.7.